The van der Waals surface area contributed by atoms with Gasteiger partial charge < -0.3 is 4.74 Å². The number of esters is 1. The van der Waals surface area contributed by atoms with Gasteiger partial charge in [0, 0.05) is 17.5 Å². The molecule has 0 aliphatic heterocycles. The number of carbonyl (C=O) groups is 1. The van der Waals surface area contributed by atoms with Crippen LogP contribution in [-0.4, -0.2) is 27.2 Å². The molecule has 0 radical (unpaired) electrons. The summed E-state index contributed by atoms with van der Waals surface area (Å²) in [6.07, 6.45) is 8.05. The van der Waals surface area contributed by atoms with Crippen molar-refractivity contribution >= 4 is 11.6 Å². The number of rotatable bonds is 5. The third kappa shape index (κ3) is 2.94. The Morgan fingerprint density at radius 3 is 2.72 bits per heavy atom. The monoisotopic (exact) mass is 341 g/mol. The number of hydrogen-bond donors (Lipinski definition) is 0. The zero-order chi connectivity index (χ0) is 17.6. The van der Waals surface area contributed by atoms with Crippen molar-refractivity contribution in [1.29, 1.82) is 0 Å². The van der Waals surface area contributed by atoms with E-state index in [0.717, 1.165) is 29.4 Å². The lowest BCUT2D eigenvalue weighted by Gasteiger charge is -2.54. The lowest BCUT2D eigenvalue weighted by molar-refractivity contribution is -0.0243. The first-order valence-corrected chi connectivity index (χ1v) is 9.56. The molecule has 25 heavy (non-hydrogen) atoms. The second-order valence-corrected chi connectivity index (χ2v) is 8.18. The third-order valence-corrected chi connectivity index (χ3v) is 5.94. The fraction of sp³-hybridized carbons (Fsp3) is 0.650. The van der Waals surface area contributed by atoms with Gasteiger partial charge in [0.25, 0.3) is 0 Å². The molecule has 0 aromatic carbocycles. The van der Waals surface area contributed by atoms with Crippen LogP contribution in [0.3, 0.4) is 0 Å². The first-order valence-electron chi connectivity index (χ1n) is 9.56. The molecular weight excluding hydrogens is 314 g/mol. The fourth-order valence-electron chi connectivity index (χ4n) is 4.56. The Kier molecular flexibility index (Phi) is 4.05. The van der Waals surface area contributed by atoms with Crippen LogP contribution < -0.4 is 0 Å². The predicted molar refractivity (Wildman–Crippen MR) is 95.7 cm³/mol. The van der Waals surface area contributed by atoms with Crippen LogP contribution in [0.25, 0.3) is 5.65 Å². The van der Waals surface area contributed by atoms with E-state index in [0.29, 0.717) is 23.6 Å². The molecule has 4 rings (SSSR count). The molecule has 2 fully saturated rings. The summed E-state index contributed by atoms with van der Waals surface area (Å²) in [5.41, 5.74) is 4.02. The molecule has 5 nitrogen and oxygen atoms in total. The maximum atomic E-state index is 12.0. The Balaban J connectivity index is 1.60. The van der Waals surface area contributed by atoms with Crippen LogP contribution >= 0.6 is 0 Å². The highest BCUT2D eigenvalue weighted by Gasteiger charge is 2.47. The minimum atomic E-state index is -0.379. The van der Waals surface area contributed by atoms with Crippen molar-refractivity contribution in [2.24, 2.45) is 11.3 Å². The Morgan fingerprint density at radius 2 is 2.12 bits per heavy atom. The van der Waals surface area contributed by atoms with Crippen molar-refractivity contribution < 1.29 is 9.53 Å². The molecule has 2 aliphatic rings. The molecule has 2 aromatic heterocycles. The first-order chi connectivity index (χ1) is 12.0. The van der Waals surface area contributed by atoms with Gasteiger partial charge in [0.2, 0.25) is 0 Å². The zero-order valence-electron chi connectivity index (χ0n) is 15.4. The minimum Gasteiger partial charge on any atom is -0.461 e. The van der Waals surface area contributed by atoms with Crippen molar-refractivity contribution in [2.45, 2.75) is 65.2 Å². The number of carbonyl (C=O) groups excluding carboxylic acids is 1. The van der Waals surface area contributed by atoms with Gasteiger partial charge in [-0.1, -0.05) is 20.3 Å². The molecule has 2 aromatic rings. The molecule has 1 spiro atoms. The lowest BCUT2D eigenvalue weighted by Crippen LogP contribution is -2.43. The van der Waals surface area contributed by atoms with Gasteiger partial charge in [-0.2, -0.15) is 5.10 Å². The third-order valence-electron chi connectivity index (χ3n) is 5.94. The topological polar surface area (TPSA) is 56.5 Å². The SMILES string of the molecule is CCOC(=O)c1cc2nc(CC3CC4(CCC4)C3)cc(C(C)C)n2n1. The average Bonchev–Trinajstić information content (AvgIpc) is 2.91. The van der Waals surface area contributed by atoms with Crippen molar-refractivity contribution in [3.8, 4) is 0 Å². The van der Waals surface area contributed by atoms with Crippen LogP contribution in [0.4, 0.5) is 0 Å². The molecule has 0 amide bonds. The van der Waals surface area contributed by atoms with E-state index in [4.69, 9.17) is 9.72 Å². The molecule has 2 saturated carbocycles. The standard InChI is InChI=1S/C20H27N3O2/c1-4-25-19(24)16-10-18-21-15(9-17(13(2)3)23(18)22-16)8-14-11-20(12-14)6-5-7-20/h9-10,13-14H,4-8,11-12H2,1-3H3. The fourth-order valence-corrected chi connectivity index (χ4v) is 4.56. The Labute approximate surface area is 148 Å². The molecule has 134 valence electrons. The summed E-state index contributed by atoms with van der Waals surface area (Å²) < 4.78 is 6.88. The quantitative estimate of drug-likeness (QED) is 0.767. The molecule has 0 N–H and O–H groups in total. The molecule has 0 bridgehead atoms. The van der Waals surface area contributed by atoms with Gasteiger partial charge in [-0.05, 0) is 62.3 Å². The van der Waals surface area contributed by atoms with Gasteiger partial charge in [-0.3, -0.25) is 0 Å². The summed E-state index contributed by atoms with van der Waals surface area (Å²) in [6.45, 7) is 6.46. The summed E-state index contributed by atoms with van der Waals surface area (Å²) >= 11 is 0. The van der Waals surface area contributed by atoms with Crippen LogP contribution in [0.2, 0.25) is 0 Å². The van der Waals surface area contributed by atoms with Gasteiger partial charge in [0.1, 0.15) is 0 Å². The average molecular weight is 341 g/mol. The number of fused-ring (bicyclic) bond motifs is 1. The molecular formula is C20H27N3O2. The number of aromatic nitrogens is 3. The second-order valence-electron chi connectivity index (χ2n) is 8.18. The van der Waals surface area contributed by atoms with Crippen molar-refractivity contribution in [2.75, 3.05) is 6.61 Å². The zero-order valence-corrected chi connectivity index (χ0v) is 15.4. The summed E-state index contributed by atoms with van der Waals surface area (Å²) in [7, 11) is 0. The lowest BCUT2D eigenvalue weighted by atomic mass is 9.51. The smallest absolute Gasteiger partial charge is 0.358 e. The Bertz CT molecular complexity index is 797. The molecule has 5 heteroatoms. The first kappa shape index (κ1) is 16.6. The Hall–Kier alpha value is -1.91. The van der Waals surface area contributed by atoms with Gasteiger partial charge in [0.05, 0.1) is 6.61 Å². The minimum absolute atomic E-state index is 0.318. The summed E-state index contributed by atoms with van der Waals surface area (Å²) in [5.74, 6) is 0.705. The second kappa shape index (κ2) is 6.11. The molecule has 0 unspecified atom stereocenters. The van der Waals surface area contributed by atoms with Gasteiger partial charge in [-0.15, -0.1) is 0 Å². The highest BCUT2D eigenvalue weighted by Crippen LogP contribution is 2.59. The van der Waals surface area contributed by atoms with E-state index in [1.165, 1.54) is 32.1 Å². The molecule has 2 heterocycles. The van der Waals surface area contributed by atoms with Crippen LogP contribution in [0.5, 0.6) is 0 Å². The van der Waals surface area contributed by atoms with Crippen LogP contribution in [0.15, 0.2) is 12.1 Å². The molecule has 2 aliphatic carbocycles. The van der Waals surface area contributed by atoms with Crippen molar-refractivity contribution in [1.82, 2.24) is 14.6 Å². The van der Waals surface area contributed by atoms with Crippen molar-refractivity contribution in [3.63, 3.8) is 0 Å². The summed E-state index contributed by atoms with van der Waals surface area (Å²) in [4.78, 5) is 16.8. The number of hydrogen-bond acceptors (Lipinski definition) is 4. The highest BCUT2D eigenvalue weighted by atomic mass is 16.5. The van der Waals surface area contributed by atoms with Crippen LogP contribution in [0.1, 0.15) is 80.7 Å². The Morgan fingerprint density at radius 1 is 1.36 bits per heavy atom. The van der Waals surface area contributed by atoms with Crippen LogP contribution in [-0.2, 0) is 11.2 Å². The maximum Gasteiger partial charge on any atom is 0.358 e. The van der Waals surface area contributed by atoms with E-state index in [-0.39, 0.29) is 5.97 Å². The predicted octanol–water partition coefficient (Wildman–Crippen LogP) is 4.15. The van der Waals surface area contributed by atoms with E-state index >= 15 is 0 Å². The normalized spacial score (nSPS) is 19.2. The maximum absolute atomic E-state index is 12.0. The number of nitrogens with zero attached hydrogens (tertiary/aromatic N) is 3. The summed E-state index contributed by atoms with van der Waals surface area (Å²) in [5, 5.41) is 4.43. The van der Waals surface area contributed by atoms with E-state index in [1.54, 1.807) is 17.5 Å². The van der Waals surface area contributed by atoms with E-state index < -0.39 is 0 Å². The van der Waals surface area contributed by atoms with Gasteiger partial charge in [0.15, 0.2) is 11.3 Å². The molecule has 0 saturated heterocycles. The van der Waals surface area contributed by atoms with Crippen molar-refractivity contribution in [3.05, 3.63) is 29.2 Å². The van der Waals surface area contributed by atoms with Gasteiger partial charge >= 0.3 is 5.97 Å². The van der Waals surface area contributed by atoms with Gasteiger partial charge in [-0.25, -0.2) is 14.3 Å². The summed E-state index contributed by atoms with van der Waals surface area (Å²) in [6, 6.07) is 3.92. The largest absolute Gasteiger partial charge is 0.461 e. The van der Waals surface area contributed by atoms with Crippen LogP contribution in [0, 0.1) is 11.3 Å². The molecule has 0 atom stereocenters. The van der Waals surface area contributed by atoms with E-state index in [2.05, 4.69) is 25.0 Å². The highest BCUT2D eigenvalue weighted by molar-refractivity contribution is 5.88. The van der Waals surface area contributed by atoms with E-state index in [1.807, 2.05) is 0 Å². The van der Waals surface area contributed by atoms with E-state index in [9.17, 15) is 4.79 Å². The number of ether oxygens (including phenoxy) is 1.